The molecule has 7 nitrogen and oxygen atoms in total. The van der Waals surface area contributed by atoms with Crippen LogP contribution in [0.15, 0.2) is 17.1 Å². The van der Waals surface area contributed by atoms with E-state index in [-0.39, 0.29) is 23.6 Å². The van der Waals surface area contributed by atoms with Crippen LogP contribution in [0.2, 0.25) is 0 Å². The Morgan fingerprint density at radius 3 is 2.78 bits per heavy atom. The van der Waals surface area contributed by atoms with Gasteiger partial charge in [-0.2, -0.15) is 0 Å². The van der Waals surface area contributed by atoms with Crippen LogP contribution in [-0.4, -0.2) is 54.8 Å². The van der Waals surface area contributed by atoms with Crippen LogP contribution in [0.4, 0.5) is 0 Å². The molecule has 0 radical (unpaired) electrons. The van der Waals surface area contributed by atoms with E-state index >= 15 is 0 Å². The monoisotopic (exact) mass is 321 g/mol. The number of rotatable bonds is 6. The number of hydrogen-bond acceptors (Lipinski definition) is 5. The maximum Gasteiger partial charge on any atom is 0.240 e. The summed E-state index contributed by atoms with van der Waals surface area (Å²) >= 11 is 0. The van der Waals surface area contributed by atoms with Crippen molar-refractivity contribution in [2.75, 3.05) is 33.4 Å². The fourth-order valence-corrected chi connectivity index (χ4v) is 2.67. The number of methoxy groups -OCH3 is 1. The summed E-state index contributed by atoms with van der Waals surface area (Å²) < 4.78 is 12.3. The summed E-state index contributed by atoms with van der Waals surface area (Å²) in [5, 5.41) is 2.97. The fourth-order valence-electron chi connectivity index (χ4n) is 2.67. The number of ether oxygens (including phenoxy) is 2. The number of carbonyl (C=O) groups is 1. The summed E-state index contributed by atoms with van der Waals surface area (Å²) in [4.78, 5) is 26.4. The van der Waals surface area contributed by atoms with Crippen molar-refractivity contribution in [1.29, 1.82) is 0 Å². The summed E-state index contributed by atoms with van der Waals surface area (Å²) in [6.45, 7) is 3.88. The number of aromatic nitrogens is 1. The Kier molecular flexibility index (Phi) is 4.97. The molecule has 3 rings (SSSR count). The Morgan fingerprint density at radius 1 is 1.39 bits per heavy atom. The van der Waals surface area contributed by atoms with E-state index in [1.165, 1.54) is 7.11 Å². The summed E-state index contributed by atoms with van der Waals surface area (Å²) in [6, 6.07) is 1.89. The first-order valence-corrected chi connectivity index (χ1v) is 8.02. The maximum atomic E-state index is 12.1. The van der Waals surface area contributed by atoms with Crippen molar-refractivity contribution in [2.24, 2.45) is 0 Å². The smallest absolute Gasteiger partial charge is 0.240 e. The minimum absolute atomic E-state index is 0.0265. The molecule has 1 saturated carbocycles. The molecule has 1 N–H and O–H groups in total. The molecule has 0 unspecified atom stereocenters. The van der Waals surface area contributed by atoms with E-state index in [1.807, 2.05) is 4.57 Å². The van der Waals surface area contributed by atoms with Crippen LogP contribution in [0, 0.1) is 0 Å². The lowest BCUT2D eigenvalue weighted by Gasteiger charge is -2.27. The maximum absolute atomic E-state index is 12.1. The lowest BCUT2D eigenvalue weighted by molar-refractivity contribution is -0.121. The number of nitrogens with one attached hydrogen (secondary N) is 1. The van der Waals surface area contributed by atoms with Gasteiger partial charge in [-0.15, -0.1) is 0 Å². The number of morpholine rings is 1. The lowest BCUT2D eigenvalue weighted by atomic mass is 10.2. The molecule has 0 spiro atoms. The Morgan fingerprint density at radius 2 is 2.13 bits per heavy atom. The van der Waals surface area contributed by atoms with Crippen LogP contribution in [-0.2, 0) is 22.6 Å². The van der Waals surface area contributed by atoms with Crippen molar-refractivity contribution in [2.45, 2.75) is 32.0 Å². The van der Waals surface area contributed by atoms with Gasteiger partial charge in [0.05, 0.1) is 26.5 Å². The van der Waals surface area contributed by atoms with Crippen LogP contribution in [0.5, 0.6) is 5.75 Å². The van der Waals surface area contributed by atoms with Gasteiger partial charge in [0.15, 0.2) is 5.75 Å². The van der Waals surface area contributed by atoms with Crippen molar-refractivity contribution < 1.29 is 14.3 Å². The van der Waals surface area contributed by atoms with Crippen molar-refractivity contribution >= 4 is 5.91 Å². The second-order valence-electron chi connectivity index (χ2n) is 6.06. The Hall–Kier alpha value is -1.86. The molecule has 1 saturated heterocycles. The molecule has 0 bridgehead atoms. The SMILES string of the molecule is COc1cn(CC(=O)NC2CC2)c(CN2CCOCC2)cc1=O. The molecule has 2 fully saturated rings. The first-order chi connectivity index (χ1) is 11.2. The van der Waals surface area contributed by atoms with Gasteiger partial charge < -0.3 is 19.4 Å². The van der Waals surface area contributed by atoms with Gasteiger partial charge in [-0.1, -0.05) is 0 Å². The van der Waals surface area contributed by atoms with Gasteiger partial charge in [-0.25, -0.2) is 0 Å². The highest BCUT2D eigenvalue weighted by Gasteiger charge is 2.23. The number of hydrogen-bond donors (Lipinski definition) is 1. The number of carbonyl (C=O) groups excluding carboxylic acids is 1. The van der Waals surface area contributed by atoms with E-state index in [2.05, 4.69) is 10.2 Å². The van der Waals surface area contributed by atoms with Crippen LogP contribution in [0.1, 0.15) is 18.5 Å². The first kappa shape index (κ1) is 16.0. The molecular formula is C16H23N3O4. The summed E-state index contributed by atoms with van der Waals surface area (Å²) in [7, 11) is 1.47. The molecule has 2 heterocycles. The molecule has 0 atom stereocenters. The van der Waals surface area contributed by atoms with Gasteiger partial charge in [0, 0.05) is 37.4 Å². The molecule has 23 heavy (non-hydrogen) atoms. The minimum Gasteiger partial charge on any atom is -0.491 e. The van der Waals surface area contributed by atoms with Gasteiger partial charge in [-0.3, -0.25) is 14.5 Å². The van der Waals surface area contributed by atoms with Crippen molar-refractivity contribution in [3.8, 4) is 5.75 Å². The van der Waals surface area contributed by atoms with Crippen molar-refractivity contribution in [1.82, 2.24) is 14.8 Å². The lowest BCUT2D eigenvalue weighted by Crippen LogP contribution is -2.37. The minimum atomic E-state index is -0.158. The van der Waals surface area contributed by atoms with E-state index in [1.54, 1.807) is 12.3 Å². The summed E-state index contributed by atoms with van der Waals surface area (Å²) in [6.07, 6.45) is 3.74. The predicted octanol–water partition coefficient (Wildman–Crippen LogP) is -0.0323. The average Bonchev–Trinajstić information content (AvgIpc) is 3.34. The zero-order valence-corrected chi connectivity index (χ0v) is 13.4. The zero-order chi connectivity index (χ0) is 16.2. The molecule has 1 aromatic rings. The van der Waals surface area contributed by atoms with Gasteiger partial charge in [-0.05, 0) is 12.8 Å². The van der Waals surface area contributed by atoms with E-state index in [9.17, 15) is 9.59 Å². The normalized spacial score (nSPS) is 18.7. The summed E-state index contributed by atoms with van der Waals surface area (Å²) in [5.41, 5.74) is 0.665. The average molecular weight is 321 g/mol. The highest BCUT2D eigenvalue weighted by Crippen LogP contribution is 2.18. The van der Waals surface area contributed by atoms with E-state index in [0.29, 0.717) is 25.8 Å². The number of nitrogens with zero attached hydrogens (tertiary/aromatic N) is 2. The first-order valence-electron chi connectivity index (χ1n) is 8.02. The largest absolute Gasteiger partial charge is 0.491 e. The molecule has 126 valence electrons. The molecule has 2 aliphatic rings. The Balaban J connectivity index is 1.77. The molecular weight excluding hydrogens is 298 g/mol. The Labute approximate surface area is 135 Å². The fraction of sp³-hybridized carbons (Fsp3) is 0.625. The molecule has 1 aliphatic heterocycles. The van der Waals surface area contributed by atoms with E-state index < -0.39 is 0 Å². The quantitative estimate of drug-likeness (QED) is 0.796. The Bertz CT molecular complexity index is 618. The van der Waals surface area contributed by atoms with Gasteiger partial charge in [0.25, 0.3) is 0 Å². The molecule has 7 heteroatoms. The van der Waals surface area contributed by atoms with Crippen molar-refractivity contribution in [3.63, 3.8) is 0 Å². The predicted molar refractivity (Wildman–Crippen MR) is 84.5 cm³/mol. The standard InChI is InChI=1S/C16H23N3O4/c1-22-15-10-19(11-16(21)17-12-2-3-12)13(8-14(15)20)9-18-4-6-23-7-5-18/h8,10,12H,2-7,9,11H2,1H3,(H,17,21). The molecule has 1 aromatic heterocycles. The van der Waals surface area contributed by atoms with Crippen LogP contribution >= 0.6 is 0 Å². The van der Waals surface area contributed by atoms with Gasteiger partial charge in [0.2, 0.25) is 11.3 Å². The molecule has 0 aromatic carbocycles. The van der Waals surface area contributed by atoms with Gasteiger partial charge >= 0.3 is 0 Å². The highest BCUT2D eigenvalue weighted by molar-refractivity contribution is 5.76. The second kappa shape index (κ2) is 7.14. The van der Waals surface area contributed by atoms with Crippen LogP contribution in [0.3, 0.4) is 0 Å². The van der Waals surface area contributed by atoms with E-state index in [0.717, 1.165) is 31.6 Å². The number of pyridine rings is 1. The third-order valence-corrected chi connectivity index (χ3v) is 4.15. The molecule has 1 aliphatic carbocycles. The topological polar surface area (TPSA) is 72.8 Å². The molecule has 1 amide bonds. The van der Waals surface area contributed by atoms with E-state index in [4.69, 9.17) is 9.47 Å². The third-order valence-electron chi connectivity index (χ3n) is 4.15. The van der Waals surface area contributed by atoms with Crippen LogP contribution < -0.4 is 15.5 Å². The summed E-state index contributed by atoms with van der Waals surface area (Å²) in [5.74, 6) is 0.233. The number of amides is 1. The third kappa shape index (κ3) is 4.33. The van der Waals surface area contributed by atoms with Gasteiger partial charge in [0.1, 0.15) is 6.54 Å². The second-order valence-corrected chi connectivity index (χ2v) is 6.06. The van der Waals surface area contributed by atoms with Crippen molar-refractivity contribution in [3.05, 3.63) is 28.2 Å². The highest BCUT2D eigenvalue weighted by atomic mass is 16.5. The van der Waals surface area contributed by atoms with Crippen LogP contribution in [0.25, 0.3) is 0 Å². The zero-order valence-electron chi connectivity index (χ0n) is 13.4.